The van der Waals surface area contributed by atoms with E-state index in [9.17, 15) is 24.6 Å². The summed E-state index contributed by atoms with van der Waals surface area (Å²) in [4.78, 5) is 31.5. The van der Waals surface area contributed by atoms with Crippen LogP contribution in [-0.4, -0.2) is 29.9 Å². The molecule has 0 spiro atoms. The van der Waals surface area contributed by atoms with Crippen LogP contribution in [0.4, 0.5) is 0 Å². The van der Waals surface area contributed by atoms with Gasteiger partial charge in [0, 0.05) is 12.8 Å². The highest BCUT2D eigenvalue weighted by atomic mass is 16.4. The molecule has 0 aliphatic rings. The third kappa shape index (κ3) is 5.63. The Kier molecular flexibility index (Phi) is 5.32. The van der Waals surface area contributed by atoms with E-state index in [4.69, 9.17) is 0 Å². The van der Waals surface area contributed by atoms with Crippen LogP contribution in [0.15, 0.2) is 0 Å². The highest BCUT2D eigenvalue weighted by molar-refractivity contribution is 5.82. The summed E-state index contributed by atoms with van der Waals surface area (Å²) in [7, 11) is 0. The maximum absolute atomic E-state index is 11.0. The summed E-state index contributed by atoms with van der Waals surface area (Å²) in [5.74, 6) is -3.29. The van der Waals surface area contributed by atoms with Gasteiger partial charge in [-0.15, -0.1) is 0 Å². The number of hydrogen-bond donors (Lipinski definition) is 2. The molecule has 0 bridgehead atoms. The fourth-order valence-electron chi connectivity index (χ4n) is 0.796. The number of aliphatic carboxylic acids is 2. The SMILES string of the molecule is C[C@H](NC(=O)CC[C@H]([NH3+])C(=O)[O-])C(=O)[O-]. The molecule has 0 saturated carbocycles. The predicted molar refractivity (Wildman–Crippen MR) is 43.5 cm³/mol. The van der Waals surface area contributed by atoms with Crippen molar-refractivity contribution in [3.63, 3.8) is 0 Å². The Morgan fingerprint density at radius 1 is 1.27 bits per heavy atom. The molecule has 0 aromatic carbocycles. The molecule has 7 heteroatoms. The number of hydrogen-bond acceptors (Lipinski definition) is 5. The Balaban J connectivity index is 3.85. The number of carbonyl (C=O) groups is 3. The summed E-state index contributed by atoms with van der Waals surface area (Å²) in [6.45, 7) is 1.26. The number of quaternary nitrogens is 1. The van der Waals surface area contributed by atoms with E-state index in [1.54, 1.807) is 0 Å². The molecule has 86 valence electrons. The van der Waals surface area contributed by atoms with Crippen molar-refractivity contribution in [1.82, 2.24) is 5.32 Å². The van der Waals surface area contributed by atoms with E-state index >= 15 is 0 Å². The number of carboxylic acids is 2. The van der Waals surface area contributed by atoms with Gasteiger partial charge in [0.25, 0.3) is 0 Å². The Hall–Kier alpha value is -1.63. The summed E-state index contributed by atoms with van der Waals surface area (Å²) in [6.07, 6.45) is -0.103. The van der Waals surface area contributed by atoms with E-state index in [2.05, 4.69) is 11.1 Å². The zero-order valence-corrected chi connectivity index (χ0v) is 8.32. The molecule has 0 aromatic heterocycles. The molecule has 15 heavy (non-hydrogen) atoms. The van der Waals surface area contributed by atoms with Gasteiger partial charge in [-0.1, -0.05) is 0 Å². The largest absolute Gasteiger partial charge is 0.548 e. The third-order valence-corrected chi connectivity index (χ3v) is 1.78. The van der Waals surface area contributed by atoms with Gasteiger partial charge in [-0.05, 0) is 6.92 Å². The van der Waals surface area contributed by atoms with Crippen LogP contribution in [0.5, 0.6) is 0 Å². The van der Waals surface area contributed by atoms with Gasteiger partial charge in [0.2, 0.25) is 5.91 Å². The number of rotatable bonds is 6. The van der Waals surface area contributed by atoms with Gasteiger partial charge in [0.1, 0.15) is 6.04 Å². The summed E-state index contributed by atoms with van der Waals surface area (Å²) in [6, 6.07) is -2.07. The minimum atomic E-state index is -1.39. The zero-order valence-electron chi connectivity index (χ0n) is 8.32. The normalized spacial score (nSPS) is 14.0. The average molecular weight is 217 g/mol. The van der Waals surface area contributed by atoms with Crippen LogP contribution < -0.4 is 21.3 Å². The first-order valence-electron chi connectivity index (χ1n) is 4.38. The van der Waals surface area contributed by atoms with Gasteiger partial charge < -0.3 is 30.9 Å². The van der Waals surface area contributed by atoms with Crippen molar-refractivity contribution in [2.45, 2.75) is 31.8 Å². The fourth-order valence-corrected chi connectivity index (χ4v) is 0.796. The second kappa shape index (κ2) is 5.97. The first kappa shape index (κ1) is 13.4. The van der Waals surface area contributed by atoms with Crippen molar-refractivity contribution in [1.29, 1.82) is 0 Å². The van der Waals surface area contributed by atoms with Crippen LogP contribution in [-0.2, 0) is 14.4 Å². The lowest BCUT2D eigenvalue weighted by atomic mass is 10.1. The molecule has 0 radical (unpaired) electrons. The second-order valence-electron chi connectivity index (χ2n) is 3.16. The quantitative estimate of drug-likeness (QED) is 0.461. The molecular formula is C8H13N2O5-. The molecule has 0 aromatic rings. The van der Waals surface area contributed by atoms with Crippen molar-refractivity contribution >= 4 is 17.8 Å². The molecule has 0 rings (SSSR count). The van der Waals surface area contributed by atoms with Crippen LogP contribution in [0.1, 0.15) is 19.8 Å². The minimum Gasteiger partial charge on any atom is -0.548 e. The first-order valence-corrected chi connectivity index (χ1v) is 4.38. The molecule has 2 atom stereocenters. The Morgan fingerprint density at radius 3 is 2.20 bits per heavy atom. The van der Waals surface area contributed by atoms with Gasteiger partial charge in [0.15, 0.2) is 0 Å². The lowest BCUT2D eigenvalue weighted by Gasteiger charge is -2.15. The molecular weight excluding hydrogens is 204 g/mol. The van der Waals surface area contributed by atoms with Gasteiger partial charge in [-0.3, -0.25) is 4.79 Å². The first-order chi connectivity index (χ1) is 6.84. The summed E-state index contributed by atoms with van der Waals surface area (Å²) < 4.78 is 0. The molecule has 0 aliphatic heterocycles. The summed E-state index contributed by atoms with van der Waals surface area (Å²) >= 11 is 0. The Labute approximate surface area is 86.3 Å². The lowest BCUT2D eigenvalue weighted by molar-refractivity contribution is -0.438. The predicted octanol–water partition coefficient (Wildman–Crippen LogP) is -4.62. The van der Waals surface area contributed by atoms with E-state index in [-0.39, 0.29) is 12.8 Å². The molecule has 0 fully saturated rings. The van der Waals surface area contributed by atoms with E-state index < -0.39 is 29.9 Å². The van der Waals surface area contributed by atoms with E-state index in [0.29, 0.717) is 0 Å². The van der Waals surface area contributed by atoms with Crippen molar-refractivity contribution in [3.05, 3.63) is 0 Å². The summed E-state index contributed by atoms with van der Waals surface area (Å²) in [5, 5.41) is 22.6. The molecule has 0 aliphatic carbocycles. The molecule has 0 saturated heterocycles. The van der Waals surface area contributed by atoms with Crippen LogP contribution in [0.25, 0.3) is 0 Å². The third-order valence-electron chi connectivity index (χ3n) is 1.78. The van der Waals surface area contributed by atoms with Gasteiger partial charge >= 0.3 is 0 Å². The Morgan fingerprint density at radius 2 is 1.80 bits per heavy atom. The molecule has 1 amide bonds. The molecule has 7 nitrogen and oxygen atoms in total. The van der Waals surface area contributed by atoms with Crippen molar-refractivity contribution in [3.8, 4) is 0 Å². The molecule has 4 N–H and O–H groups in total. The maximum Gasteiger partial charge on any atom is 0.220 e. The topological polar surface area (TPSA) is 137 Å². The number of carbonyl (C=O) groups excluding carboxylic acids is 3. The van der Waals surface area contributed by atoms with Gasteiger partial charge in [0.05, 0.1) is 18.0 Å². The Bertz CT molecular complexity index is 266. The van der Waals surface area contributed by atoms with Crippen LogP contribution in [0.2, 0.25) is 0 Å². The van der Waals surface area contributed by atoms with E-state index in [1.165, 1.54) is 6.92 Å². The standard InChI is InChI=1S/C8H14N2O5/c1-4(7(12)13)10-6(11)3-2-5(9)8(14)15/h4-5H,2-3,9H2,1H3,(H,10,11)(H,12,13)(H,14,15)/p-1/t4-,5-/m0/s1. The van der Waals surface area contributed by atoms with Gasteiger partial charge in [-0.2, -0.15) is 0 Å². The van der Waals surface area contributed by atoms with Crippen molar-refractivity contribution < 1.29 is 30.3 Å². The average Bonchev–Trinajstić information content (AvgIpc) is 2.13. The van der Waals surface area contributed by atoms with Crippen LogP contribution >= 0.6 is 0 Å². The lowest BCUT2D eigenvalue weighted by Crippen LogP contribution is -2.68. The van der Waals surface area contributed by atoms with E-state index in [1.807, 2.05) is 0 Å². The summed E-state index contributed by atoms with van der Waals surface area (Å²) in [5.41, 5.74) is 3.25. The van der Waals surface area contributed by atoms with Crippen molar-refractivity contribution in [2.75, 3.05) is 0 Å². The number of nitrogens with one attached hydrogen (secondary N) is 1. The second-order valence-corrected chi connectivity index (χ2v) is 3.16. The minimum absolute atomic E-state index is 0.00787. The highest BCUT2D eigenvalue weighted by Crippen LogP contribution is 1.93. The van der Waals surface area contributed by atoms with Crippen LogP contribution in [0.3, 0.4) is 0 Å². The van der Waals surface area contributed by atoms with Crippen LogP contribution in [0, 0.1) is 0 Å². The smallest absolute Gasteiger partial charge is 0.220 e. The van der Waals surface area contributed by atoms with Gasteiger partial charge in [-0.25, -0.2) is 0 Å². The molecule has 0 heterocycles. The number of carboxylic acid groups (broad SMARTS) is 2. The molecule has 0 unspecified atom stereocenters. The zero-order chi connectivity index (χ0) is 12.0. The monoisotopic (exact) mass is 217 g/mol. The highest BCUT2D eigenvalue weighted by Gasteiger charge is 2.12. The van der Waals surface area contributed by atoms with Crippen molar-refractivity contribution in [2.24, 2.45) is 0 Å². The number of amides is 1. The van der Waals surface area contributed by atoms with E-state index in [0.717, 1.165) is 0 Å². The fraction of sp³-hybridized carbons (Fsp3) is 0.625. The maximum atomic E-state index is 11.0.